The van der Waals surface area contributed by atoms with Crippen LogP contribution in [0.25, 0.3) is 0 Å². The summed E-state index contributed by atoms with van der Waals surface area (Å²) in [6.45, 7) is 1.82. The minimum Gasteiger partial charge on any atom is -0.409 e. The first-order valence-corrected chi connectivity index (χ1v) is 7.91. The summed E-state index contributed by atoms with van der Waals surface area (Å²) >= 11 is 3.20. The van der Waals surface area contributed by atoms with Gasteiger partial charge >= 0.3 is 0 Å². The second-order valence-electron chi connectivity index (χ2n) is 3.95. The minimum atomic E-state index is -3.65. The van der Waals surface area contributed by atoms with E-state index in [0.29, 0.717) is 10.9 Å². The van der Waals surface area contributed by atoms with Crippen molar-refractivity contribution in [3.05, 3.63) is 28.7 Å². The molecule has 1 rings (SSSR count). The number of benzene rings is 1. The highest BCUT2D eigenvalue weighted by Gasteiger charge is 2.21. The van der Waals surface area contributed by atoms with Gasteiger partial charge in [-0.2, -0.15) is 0 Å². The highest BCUT2D eigenvalue weighted by molar-refractivity contribution is 9.10. The molecule has 0 aliphatic rings. The summed E-state index contributed by atoms with van der Waals surface area (Å²) in [6.07, 6.45) is 0.677. The van der Waals surface area contributed by atoms with Crippen molar-refractivity contribution in [1.82, 2.24) is 4.72 Å². The van der Waals surface area contributed by atoms with E-state index in [1.165, 1.54) is 6.07 Å². The van der Waals surface area contributed by atoms with Crippen molar-refractivity contribution in [1.29, 1.82) is 0 Å². The van der Waals surface area contributed by atoms with Gasteiger partial charge in [0.2, 0.25) is 10.0 Å². The smallest absolute Gasteiger partial charge is 0.241 e. The molecule has 0 heterocycles. The molecule has 8 heteroatoms. The Morgan fingerprint density at radius 2 is 2.16 bits per heavy atom. The lowest BCUT2D eigenvalue weighted by molar-refractivity contribution is 0.316. The fourth-order valence-electron chi connectivity index (χ4n) is 1.51. The normalized spacial score (nSPS) is 14.3. The van der Waals surface area contributed by atoms with Crippen LogP contribution in [0.2, 0.25) is 0 Å². The van der Waals surface area contributed by atoms with Gasteiger partial charge < -0.3 is 10.9 Å². The molecule has 4 N–H and O–H groups in total. The summed E-state index contributed by atoms with van der Waals surface area (Å²) < 4.78 is 27.4. The lowest BCUT2D eigenvalue weighted by atomic mass is 10.1. The van der Waals surface area contributed by atoms with E-state index in [4.69, 9.17) is 10.9 Å². The van der Waals surface area contributed by atoms with Crippen LogP contribution in [-0.2, 0) is 10.0 Å². The fraction of sp³-hybridized carbons (Fsp3) is 0.364. The Balaban J connectivity index is 2.93. The zero-order valence-electron chi connectivity index (χ0n) is 10.4. The molecule has 0 aromatic heterocycles. The maximum Gasteiger partial charge on any atom is 0.241 e. The van der Waals surface area contributed by atoms with E-state index < -0.39 is 16.1 Å². The summed E-state index contributed by atoms with van der Waals surface area (Å²) in [5, 5.41) is 11.4. The van der Waals surface area contributed by atoms with Crippen LogP contribution in [-0.4, -0.2) is 25.5 Å². The van der Waals surface area contributed by atoms with Crippen LogP contribution < -0.4 is 10.5 Å². The minimum absolute atomic E-state index is 0.0123. The molecule has 0 saturated heterocycles. The number of halogens is 1. The van der Waals surface area contributed by atoms with Crippen molar-refractivity contribution in [2.24, 2.45) is 10.9 Å². The Morgan fingerprint density at radius 3 is 2.68 bits per heavy atom. The van der Waals surface area contributed by atoms with Crippen LogP contribution >= 0.6 is 15.9 Å². The number of hydrogen-bond acceptors (Lipinski definition) is 4. The molecule has 0 bridgehead atoms. The van der Waals surface area contributed by atoms with Crippen LogP contribution in [0.1, 0.15) is 19.8 Å². The van der Waals surface area contributed by atoms with Crippen LogP contribution in [0, 0.1) is 0 Å². The highest BCUT2D eigenvalue weighted by Crippen LogP contribution is 2.21. The first kappa shape index (κ1) is 15.9. The molecule has 0 saturated carbocycles. The van der Waals surface area contributed by atoms with Gasteiger partial charge in [0, 0.05) is 16.9 Å². The van der Waals surface area contributed by atoms with Gasteiger partial charge in [0.05, 0.1) is 4.90 Å². The maximum absolute atomic E-state index is 12.2. The molecule has 6 nitrogen and oxygen atoms in total. The number of hydrogen-bond donors (Lipinski definition) is 3. The van der Waals surface area contributed by atoms with E-state index >= 15 is 0 Å². The van der Waals surface area contributed by atoms with Crippen LogP contribution in [0.3, 0.4) is 0 Å². The predicted octanol–water partition coefficient (Wildman–Crippen LogP) is 1.64. The number of sulfonamides is 1. The van der Waals surface area contributed by atoms with Crippen molar-refractivity contribution in [2.75, 3.05) is 0 Å². The van der Waals surface area contributed by atoms with E-state index in [-0.39, 0.29) is 17.2 Å². The van der Waals surface area contributed by atoms with Crippen LogP contribution in [0.5, 0.6) is 0 Å². The third-order valence-electron chi connectivity index (χ3n) is 2.52. The van der Waals surface area contributed by atoms with Crippen molar-refractivity contribution < 1.29 is 13.6 Å². The van der Waals surface area contributed by atoms with Gasteiger partial charge in [-0.25, -0.2) is 13.1 Å². The molecule has 0 amide bonds. The van der Waals surface area contributed by atoms with Gasteiger partial charge in [-0.1, -0.05) is 24.2 Å². The number of nitrogens with one attached hydrogen (secondary N) is 1. The molecular formula is C11H16BrN3O3S. The summed E-state index contributed by atoms with van der Waals surface area (Å²) in [7, 11) is -3.65. The highest BCUT2D eigenvalue weighted by atomic mass is 79.9. The number of nitrogens with zero attached hydrogens (tertiary/aromatic N) is 1. The van der Waals surface area contributed by atoms with Gasteiger partial charge in [0.25, 0.3) is 0 Å². The predicted molar refractivity (Wildman–Crippen MR) is 76.6 cm³/mol. The van der Waals surface area contributed by atoms with E-state index in [2.05, 4.69) is 25.8 Å². The fourth-order valence-corrected chi connectivity index (χ4v) is 3.83. The van der Waals surface area contributed by atoms with E-state index in [0.717, 1.165) is 0 Å². The molecule has 0 fully saturated rings. The van der Waals surface area contributed by atoms with Gasteiger partial charge in [0.15, 0.2) is 0 Å². The second kappa shape index (κ2) is 6.88. The quantitative estimate of drug-likeness (QED) is 0.314. The number of amidine groups is 1. The summed E-state index contributed by atoms with van der Waals surface area (Å²) in [5.41, 5.74) is 5.39. The molecule has 19 heavy (non-hydrogen) atoms. The SMILES string of the molecule is CCC(CC(N)=NO)NS(=O)(=O)c1ccccc1Br. The topological polar surface area (TPSA) is 105 Å². The van der Waals surface area contributed by atoms with Gasteiger partial charge in [0.1, 0.15) is 5.84 Å². The van der Waals surface area contributed by atoms with E-state index in [1.807, 2.05) is 6.92 Å². The zero-order chi connectivity index (χ0) is 14.5. The molecule has 0 radical (unpaired) electrons. The summed E-state index contributed by atoms with van der Waals surface area (Å²) in [6, 6.07) is 6.11. The third-order valence-corrected chi connectivity index (χ3v) is 5.06. The summed E-state index contributed by atoms with van der Waals surface area (Å²) in [4.78, 5) is 0.160. The Kier molecular flexibility index (Phi) is 5.77. The zero-order valence-corrected chi connectivity index (χ0v) is 12.8. The molecular weight excluding hydrogens is 334 g/mol. The molecule has 0 spiro atoms. The Bertz CT molecular complexity index is 560. The molecule has 1 unspecified atom stereocenters. The molecule has 1 atom stereocenters. The first-order chi connectivity index (χ1) is 8.90. The second-order valence-corrected chi connectivity index (χ2v) is 6.49. The number of rotatable bonds is 6. The average Bonchev–Trinajstić information content (AvgIpc) is 2.37. The number of oxime groups is 1. The Hall–Kier alpha value is -1.12. The molecule has 106 valence electrons. The maximum atomic E-state index is 12.2. The Morgan fingerprint density at radius 1 is 1.53 bits per heavy atom. The van der Waals surface area contributed by atoms with Crippen molar-refractivity contribution in [3.8, 4) is 0 Å². The summed E-state index contributed by atoms with van der Waals surface area (Å²) in [5.74, 6) is -0.0123. The van der Waals surface area contributed by atoms with Crippen LogP contribution in [0.4, 0.5) is 0 Å². The van der Waals surface area contributed by atoms with Crippen molar-refractivity contribution in [3.63, 3.8) is 0 Å². The van der Waals surface area contributed by atoms with Gasteiger partial charge in [-0.05, 0) is 34.5 Å². The van der Waals surface area contributed by atoms with E-state index in [1.54, 1.807) is 18.2 Å². The van der Waals surface area contributed by atoms with Crippen molar-refractivity contribution >= 4 is 31.8 Å². The standard InChI is InChI=1S/C11H16BrN3O3S/c1-2-8(7-11(13)14-16)15-19(17,18)10-6-4-3-5-9(10)12/h3-6,8,15-16H,2,7H2,1H3,(H2,13,14). The van der Waals surface area contributed by atoms with Gasteiger partial charge in [-0.3, -0.25) is 0 Å². The average molecular weight is 350 g/mol. The van der Waals surface area contributed by atoms with Crippen LogP contribution in [0.15, 0.2) is 38.8 Å². The van der Waals surface area contributed by atoms with Gasteiger partial charge in [-0.15, -0.1) is 0 Å². The molecule has 0 aliphatic carbocycles. The number of nitrogens with two attached hydrogens (primary N) is 1. The monoisotopic (exact) mass is 349 g/mol. The van der Waals surface area contributed by atoms with Crippen molar-refractivity contribution in [2.45, 2.75) is 30.7 Å². The third kappa shape index (κ3) is 4.48. The molecule has 1 aromatic rings. The lowest BCUT2D eigenvalue weighted by Crippen LogP contribution is -2.37. The lowest BCUT2D eigenvalue weighted by Gasteiger charge is -2.16. The molecule has 0 aliphatic heterocycles. The molecule has 1 aromatic carbocycles. The van der Waals surface area contributed by atoms with E-state index in [9.17, 15) is 8.42 Å². The Labute approximate surface area is 120 Å². The largest absolute Gasteiger partial charge is 0.409 e. The first-order valence-electron chi connectivity index (χ1n) is 5.64.